The third kappa shape index (κ3) is 5.84. The number of amides is 2. The van der Waals surface area contributed by atoms with Crippen molar-refractivity contribution >= 4 is 46.6 Å². The fourth-order valence-electron chi connectivity index (χ4n) is 3.10. The Balaban J connectivity index is 1.67. The Morgan fingerprint density at radius 3 is 2.44 bits per heavy atom. The van der Waals surface area contributed by atoms with Crippen molar-refractivity contribution in [3.05, 3.63) is 82.4 Å². The first-order valence-electron chi connectivity index (χ1n) is 10.1. The number of ether oxygens (including phenoxy) is 1. The number of aryl methyl sites for hydroxylation is 2. The Morgan fingerprint density at radius 1 is 0.969 bits per heavy atom. The zero-order valence-electron chi connectivity index (χ0n) is 18.4. The summed E-state index contributed by atoms with van der Waals surface area (Å²) in [4.78, 5) is 26.2. The maximum absolute atomic E-state index is 12.8. The molecule has 0 aliphatic rings. The molecule has 0 bridgehead atoms. The lowest BCUT2D eigenvalue weighted by molar-refractivity contribution is -0.115. The number of halogens is 1. The first-order chi connectivity index (χ1) is 15.3. The SMILES string of the molecule is COc1cc(Cl)c(C)cc1NC(=O)C(C)Sc1cccc(NC(=O)c2ccccc2C)c1. The molecule has 0 heterocycles. The smallest absolute Gasteiger partial charge is 0.255 e. The van der Waals surface area contributed by atoms with E-state index >= 15 is 0 Å². The van der Waals surface area contributed by atoms with Gasteiger partial charge in [0.25, 0.3) is 5.91 Å². The van der Waals surface area contributed by atoms with Gasteiger partial charge in [-0.05, 0) is 62.2 Å². The van der Waals surface area contributed by atoms with Gasteiger partial charge in [0.2, 0.25) is 5.91 Å². The van der Waals surface area contributed by atoms with E-state index < -0.39 is 0 Å². The van der Waals surface area contributed by atoms with E-state index in [0.717, 1.165) is 16.0 Å². The van der Waals surface area contributed by atoms with Gasteiger partial charge in [0, 0.05) is 27.2 Å². The highest BCUT2D eigenvalue weighted by molar-refractivity contribution is 8.00. The number of benzene rings is 3. The van der Waals surface area contributed by atoms with Gasteiger partial charge in [-0.1, -0.05) is 35.9 Å². The molecule has 0 aliphatic carbocycles. The van der Waals surface area contributed by atoms with Crippen LogP contribution in [0, 0.1) is 13.8 Å². The van der Waals surface area contributed by atoms with Gasteiger partial charge in [-0.2, -0.15) is 0 Å². The van der Waals surface area contributed by atoms with E-state index in [1.54, 1.807) is 18.2 Å². The molecular weight excluding hydrogens is 444 g/mol. The number of carbonyl (C=O) groups excluding carboxylic acids is 2. The minimum absolute atomic E-state index is 0.163. The van der Waals surface area contributed by atoms with Crippen LogP contribution in [0.4, 0.5) is 11.4 Å². The third-order valence-corrected chi connectivity index (χ3v) is 6.40. The lowest BCUT2D eigenvalue weighted by Gasteiger charge is -2.16. The van der Waals surface area contributed by atoms with Gasteiger partial charge in [0.05, 0.1) is 18.0 Å². The minimum atomic E-state index is -0.377. The van der Waals surface area contributed by atoms with Crippen LogP contribution in [0.3, 0.4) is 0 Å². The van der Waals surface area contributed by atoms with Crippen LogP contribution in [-0.4, -0.2) is 24.2 Å². The summed E-state index contributed by atoms with van der Waals surface area (Å²) in [6.45, 7) is 5.60. The Morgan fingerprint density at radius 2 is 1.72 bits per heavy atom. The standard InChI is InChI=1S/C25H25ClN2O3S/c1-15-8-5-6-11-20(15)25(30)27-18-9-7-10-19(13-18)32-17(3)24(29)28-22-12-16(2)21(26)14-23(22)31-4/h5-14,17H,1-4H3,(H,27,30)(H,28,29). The number of methoxy groups -OCH3 is 1. The molecule has 3 aromatic rings. The number of hydrogen-bond acceptors (Lipinski definition) is 4. The highest BCUT2D eigenvalue weighted by Crippen LogP contribution is 2.32. The number of rotatable bonds is 7. The van der Waals surface area contributed by atoms with Crippen LogP contribution in [0.25, 0.3) is 0 Å². The fraction of sp³-hybridized carbons (Fsp3) is 0.200. The first-order valence-corrected chi connectivity index (χ1v) is 11.3. The zero-order valence-corrected chi connectivity index (χ0v) is 19.9. The van der Waals surface area contributed by atoms with Crippen LogP contribution in [0.15, 0.2) is 65.6 Å². The van der Waals surface area contributed by atoms with E-state index in [4.69, 9.17) is 16.3 Å². The second kappa shape index (κ2) is 10.6. The van der Waals surface area contributed by atoms with Crippen LogP contribution in [0.5, 0.6) is 5.75 Å². The van der Waals surface area contributed by atoms with E-state index in [2.05, 4.69) is 10.6 Å². The van der Waals surface area contributed by atoms with E-state index in [9.17, 15) is 9.59 Å². The lowest BCUT2D eigenvalue weighted by Crippen LogP contribution is -2.22. The van der Waals surface area contributed by atoms with Crippen LogP contribution >= 0.6 is 23.4 Å². The molecule has 2 N–H and O–H groups in total. The van der Waals surface area contributed by atoms with Gasteiger partial charge in [-0.3, -0.25) is 9.59 Å². The van der Waals surface area contributed by atoms with Crippen molar-refractivity contribution in [3.63, 3.8) is 0 Å². The summed E-state index contributed by atoms with van der Waals surface area (Å²) in [5.41, 5.74) is 3.64. The summed E-state index contributed by atoms with van der Waals surface area (Å²) < 4.78 is 5.33. The molecule has 2 amide bonds. The van der Waals surface area contributed by atoms with Gasteiger partial charge in [-0.25, -0.2) is 0 Å². The van der Waals surface area contributed by atoms with Gasteiger partial charge < -0.3 is 15.4 Å². The molecule has 0 spiro atoms. The molecule has 7 heteroatoms. The maximum Gasteiger partial charge on any atom is 0.255 e. The number of thioether (sulfide) groups is 1. The first kappa shape index (κ1) is 23.7. The number of nitrogens with one attached hydrogen (secondary N) is 2. The number of carbonyl (C=O) groups is 2. The van der Waals surface area contributed by atoms with Gasteiger partial charge in [0.15, 0.2) is 0 Å². The van der Waals surface area contributed by atoms with Crippen molar-refractivity contribution in [2.75, 3.05) is 17.7 Å². The van der Waals surface area contributed by atoms with Crippen molar-refractivity contribution in [1.29, 1.82) is 0 Å². The zero-order chi connectivity index (χ0) is 23.3. The normalized spacial score (nSPS) is 11.5. The van der Waals surface area contributed by atoms with Crippen molar-refractivity contribution in [2.24, 2.45) is 0 Å². The van der Waals surface area contributed by atoms with Crippen molar-refractivity contribution in [2.45, 2.75) is 30.9 Å². The summed E-state index contributed by atoms with van der Waals surface area (Å²) >= 11 is 7.54. The minimum Gasteiger partial charge on any atom is -0.495 e. The lowest BCUT2D eigenvalue weighted by atomic mass is 10.1. The quantitative estimate of drug-likeness (QED) is 0.397. The second-order valence-corrected chi connectivity index (χ2v) is 9.17. The van der Waals surface area contributed by atoms with Crippen LogP contribution in [0.1, 0.15) is 28.4 Å². The molecule has 0 saturated carbocycles. The van der Waals surface area contributed by atoms with Gasteiger partial charge >= 0.3 is 0 Å². The average molecular weight is 469 g/mol. The fourth-order valence-corrected chi connectivity index (χ4v) is 4.18. The summed E-state index contributed by atoms with van der Waals surface area (Å²) in [5.74, 6) is 0.178. The average Bonchev–Trinajstić information content (AvgIpc) is 2.76. The molecule has 1 atom stereocenters. The maximum atomic E-state index is 12.8. The van der Waals surface area contributed by atoms with Crippen molar-refractivity contribution in [1.82, 2.24) is 0 Å². The van der Waals surface area contributed by atoms with Gasteiger partial charge in [-0.15, -0.1) is 11.8 Å². The van der Waals surface area contributed by atoms with E-state index in [0.29, 0.717) is 27.7 Å². The van der Waals surface area contributed by atoms with Crippen LogP contribution < -0.4 is 15.4 Å². The Bertz CT molecular complexity index is 1150. The highest BCUT2D eigenvalue weighted by Gasteiger charge is 2.18. The molecule has 3 rings (SSSR count). The molecule has 0 fully saturated rings. The van der Waals surface area contributed by atoms with Gasteiger partial charge in [0.1, 0.15) is 5.75 Å². The monoisotopic (exact) mass is 468 g/mol. The molecule has 1 unspecified atom stereocenters. The molecule has 166 valence electrons. The third-order valence-electron chi connectivity index (χ3n) is 4.90. The highest BCUT2D eigenvalue weighted by atomic mass is 35.5. The molecule has 0 radical (unpaired) electrons. The summed E-state index contributed by atoms with van der Waals surface area (Å²) in [7, 11) is 1.53. The molecule has 0 aromatic heterocycles. The molecular formula is C25H25ClN2O3S. The molecule has 0 saturated heterocycles. The Kier molecular flexibility index (Phi) is 7.83. The second-order valence-electron chi connectivity index (χ2n) is 7.35. The number of anilines is 2. The van der Waals surface area contributed by atoms with Crippen LogP contribution in [0.2, 0.25) is 5.02 Å². The van der Waals surface area contributed by atoms with E-state index in [-0.39, 0.29) is 17.1 Å². The van der Waals surface area contributed by atoms with Crippen LogP contribution in [-0.2, 0) is 4.79 Å². The number of hydrogen-bond donors (Lipinski definition) is 2. The molecule has 32 heavy (non-hydrogen) atoms. The predicted molar refractivity (Wildman–Crippen MR) is 132 cm³/mol. The molecule has 3 aromatic carbocycles. The van der Waals surface area contributed by atoms with E-state index in [1.807, 2.05) is 63.2 Å². The summed E-state index contributed by atoms with van der Waals surface area (Å²) in [5, 5.41) is 6.04. The van der Waals surface area contributed by atoms with E-state index in [1.165, 1.54) is 18.9 Å². The Labute approximate surface area is 197 Å². The molecule has 5 nitrogen and oxygen atoms in total. The molecule has 0 aliphatic heterocycles. The van der Waals surface area contributed by atoms with Crippen molar-refractivity contribution in [3.8, 4) is 5.75 Å². The topological polar surface area (TPSA) is 67.4 Å². The summed E-state index contributed by atoms with van der Waals surface area (Å²) in [6, 6.07) is 18.4. The largest absolute Gasteiger partial charge is 0.495 e. The van der Waals surface area contributed by atoms with Crippen molar-refractivity contribution < 1.29 is 14.3 Å². The Hall–Kier alpha value is -2.96. The summed E-state index contributed by atoms with van der Waals surface area (Å²) in [6.07, 6.45) is 0. The predicted octanol–water partition coefficient (Wildman–Crippen LogP) is 6.34.